The van der Waals surface area contributed by atoms with Gasteiger partial charge in [0.05, 0.1) is 5.69 Å². The van der Waals surface area contributed by atoms with Gasteiger partial charge in [-0.25, -0.2) is 8.78 Å². The normalized spacial score (nSPS) is 11.0. The zero-order valence-corrected chi connectivity index (χ0v) is 15.1. The molecule has 2 aromatic heterocycles. The quantitative estimate of drug-likeness (QED) is 0.420. The zero-order valence-electron chi connectivity index (χ0n) is 14.3. The number of unbranched alkanes of at least 4 members (excludes halogenated alkanes) is 3. The molecule has 0 N–H and O–H groups in total. The number of aryl methyl sites for hydroxylation is 1. The van der Waals surface area contributed by atoms with Crippen LogP contribution in [0.3, 0.4) is 0 Å². The number of halogens is 2. The van der Waals surface area contributed by atoms with Crippen LogP contribution in [0, 0.1) is 11.6 Å². The van der Waals surface area contributed by atoms with Crippen molar-refractivity contribution in [3.63, 3.8) is 0 Å². The lowest BCUT2D eigenvalue weighted by molar-refractivity contribution is 0.509. The Labute approximate surface area is 151 Å². The molecule has 0 aliphatic carbocycles. The van der Waals surface area contributed by atoms with E-state index >= 15 is 0 Å². The third-order valence-corrected chi connectivity index (χ3v) is 5.29. The summed E-state index contributed by atoms with van der Waals surface area (Å²) in [5.41, 5.74) is 3.67. The average molecular weight is 357 g/mol. The molecule has 0 unspecified atom stereocenters. The number of thiophene rings is 1. The maximum atomic E-state index is 13.5. The number of aromatic nitrogens is 1. The minimum Gasteiger partial charge on any atom is -0.256 e. The molecule has 0 spiro atoms. The van der Waals surface area contributed by atoms with Crippen molar-refractivity contribution in [1.82, 2.24) is 4.98 Å². The summed E-state index contributed by atoms with van der Waals surface area (Å²) < 4.78 is 26.7. The van der Waals surface area contributed by atoms with Crippen molar-refractivity contribution in [3.05, 3.63) is 65.2 Å². The van der Waals surface area contributed by atoms with Gasteiger partial charge in [-0.3, -0.25) is 4.98 Å². The molecule has 3 aromatic rings. The van der Waals surface area contributed by atoms with Crippen LogP contribution in [0.2, 0.25) is 0 Å². The Bertz CT molecular complexity index is 841. The van der Waals surface area contributed by atoms with Crippen LogP contribution in [0.4, 0.5) is 8.78 Å². The Morgan fingerprint density at radius 3 is 2.60 bits per heavy atom. The molecule has 0 saturated heterocycles. The van der Waals surface area contributed by atoms with E-state index in [9.17, 15) is 8.78 Å². The molecule has 0 radical (unpaired) electrons. The molecule has 1 aromatic carbocycles. The van der Waals surface area contributed by atoms with Gasteiger partial charge in [-0.2, -0.15) is 0 Å². The Morgan fingerprint density at radius 2 is 1.80 bits per heavy atom. The van der Waals surface area contributed by atoms with Crippen molar-refractivity contribution < 1.29 is 8.78 Å². The van der Waals surface area contributed by atoms with Crippen LogP contribution in [-0.4, -0.2) is 4.98 Å². The zero-order chi connectivity index (χ0) is 17.6. The lowest BCUT2D eigenvalue weighted by Crippen LogP contribution is -1.90. The predicted octanol–water partition coefficient (Wildman–Crippen LogP) is 6.88. The fraction of sp³-hybridized carbons (Fsp3) is 0.286. The second kappa shape index (κ2) is 8.34. The van der Waals surface area contributed by atoms with Gasteiger partial charge in [0, 0.05) is 16.6 Å². The average Bonchev–Trinajstić information content (AvgIpc) is 3.10. The van der Waals surface area contributed by atoms with Crippen LogP contribution in [0.25, 0.3) is 21.7 Å². The number of nitrogens with zero attached hydrogens (tertiary/aromatic N) is 1. The Kier molecular flexibility index (Phi) is 5.92. The highest BCUT2D eigenvalue weighted by molar-refractivity contribution is 7.13. The van der Waals surface area contributed by atoms with Crippen molar-refractivity contribution in [2.45, 2.75) is 39.0 Å². The summed E-state index contributed by atoms with van der Waals surface area (Å²) in [6.07, 6.45) is 7.75. The molecule has 0 amide bonds. The van der Waals surface area contributed by atoms with Crippen molar-refractivity contribution >= 4 is 11.3 Å². The first-order chi connectivity index (χ1) is 12.2. The minimum atomic E-state index is -0.850. The number of hydrogen-bond donors (Lipinski definition) is 0. The summed E-state index contributed by atoms with van der Waals surface area (Å²) in [5.74, 6) is -1.69. The highest BCUT2D eigenvalue weighted by Gasteiger charge is 2.10. The van der Waals surface area contributed by atoms with Crippen LogP contribution in [-0.2, 0) is 6.42 Å². The van der Waals surface area contributed by atoms with Crippen molar-refractivity contribution in [3.8, 4) is 21.7 Å². The summed E-state index contributed by atoms with van der Waals surface area (Å²) in [4.78, 5) is 5.56. The van der Waals surface area contributed by atoms with Gasteiger partial charge in [0.2, 0.25) is 0 Å². The predicted molar refractivity (Wildman–Crippen MR) is 101 cm³/mol. The van der Waals surface area contributed by atoms with Gasteiger partial charge in [0.1, 0.15) is 0 Å². The lowest BCUT2D eigenvalue weighted by Gasteiger charge is -2.07. The fourth-order valence-corrected chi connectivity index (χ4v) is 3.87. The maximum absolute atomic E-state index is 13.5. The van der Waals surface area contributed by atoms with E-state index in [1.165, 1.54) is 42.2 Å². The molecule has 0 saturated carbocycles. The van der Waals surface area contributed by atoms with Gasteiger partial charge in [0.25, 0.3) is 0 Å². The number of rotatable bonds is 7. The number of pyridine rings is 1. The summed E-state index contributed by atoms with van der Waals surface area (Å²) in [6, 6.07) is 10.0. The topological polar surface area (TPSA) is 12.9 Å². The largest absolute Gasteiger partial charge is 0.256 e. The van der Waals surface area contributed by atoms with Crippen LogP contribution in [0.5, 0.6) is 0 Å². The van der Waals surface area contributed by atoms with E-state index in [0.29, 0.717) is 11.3 Å². The first-order valence-electron chi connectivity index (χ1n) is 8.67. The van der Waals surface area contributed by atoms with Gasteiger partial charge in [-0.05, 0) is 65.7 Å². The van der Waals surface area contributed by atoms with E-state index in [1.807, 2.05) is 12.1 Å². The third kappa shape index (κ3) is 4.31. The van der Waals surface area contributed by atoms with Gasteiger partial charge < -0.3 is 0 Å². The van der Waals surface area contributed by atoms with Crippen LogP contribution < -0.4 is 0 Å². The molecular weight excluding hydrogens is 336 g/mol. The molecule has 1 nitrogen and oxygen atoms in total. The highest BCUT2D eigenvalue weighted by atomic mass is 32.1. The Balaban J connectivity index is 1.84. The van der Waals surface area contributed by atoms with Crippen molar-refractivity contribution in [2.24, 2.45) is 0 Å². The maximum Gasteiger partial charge on any atom is 0.159 e. The molecule has 0 aliphatic rings. The van der Waals surface area contributed by atoms with Crippen LogP contribution in [0.15, 0.2) is 48.0 Å². The first-order valence-corrected chi connectivity index (χ1v) is 9.55. The van der Waals surface area contributed by atoms with Crippen LogP contribution in [0.1, 0.15) is 38.2 Å². The molecule has 130 valence electrons. The molecule has 0 aliphatic heterocycles. The summed E-state index contributed by atoms with van der Waals surface area (Å²) in [6.45, 7) is 2.22. The van der Waals surface area contributed by atoms with Gasteiger partial charge in [-0.15, -0.1) is 11.3 Å². The molecule has 25 heavy (non-hydrogen) atoms. The fourth-order valence-electron chi connectivity index (χ4n) is 2.91. The lowest BCUT2D eigenvalue weighted by atomic mass is 10.0. The standard InChI is InChI=1S/C21H21F2NS/c1-2-3-4-5-6-15-10-12-25-21(15)17-9-11-24-20(14-17)16-7-8-18(22)19(23)13-16/h7-14H,2-6H2,1H3. The van der Waals surface area contributed by atoms with E-state index in [2.05, 4.69) is 23.4 Å². The van der Waals surface area contributed by atoms with Gasteiger partial charge >= 0.3 is 0 Å². The smallest absolute Gasteiger partial charge is 0.159 e. The molecule has 3 rings (SSSR count). The van der Waals surface area contributed by atoms with Crippen molar-refractivity contribution in [2.75, 3.05) is 0 Å². The monoisotopic (exact) mass is 357 g/mol. The number of hydrogen-bond acceptors (Lipinski definition) is 2. The number of benzene rings is 1. The van der Waals surface area contributed by atoms with Gasteiger partial charge in [-0.1, -0.05) is 26.2 Å². The molecule has 0 atom stereocenters. The molecule has 0 bridgehead atoms. The van der Waals surface area contributed by atoms with Crippen LogP contribution >= 0.6 is 11.3 Å². The Hall–Kier alpha value is -2.07. The first kappa shape index (κ1) is 17.7. The van der Waals surface area contributed by atoms with Gasteiger partial charge in [0.15, 0.2) is 11.6 Å². The molecule has 4 heteroatoms. The second-order valence-electron chi connectivity index (χ2n) is 6.14. The Morgan fingerprint density at radius 1 is 0.920 bits per heavy atom. The SMILES string of the molecule is CCCCCCc1ccsc1-c1ccnc(-c2ccc(F)c(F)c2)c1. The molecule has 0 fully saturated rings. The highest BCUT2D eigenvalue weighted by Crippen LogP contribution is 2.33. The van der Waals surface area contributed by atoms with E-state index < -0.39 is 11.6 Å². The summed E-state index contributed by atoms with van der Waals surface area (Å²) in [7, 11) is 0. The molecular formula is C21H21F2NS. The van der Waals surface area contributed by atoms with Crippen molar-refractivity contribution in [1.29, 1.82) is 0 Å². The van der Waals surface area contributed by atoms with E-state index in [-0.39, 0.29) is 0 Å². The minimum absolute atomic E-state index is 0.585. The third-order valence-electron chi connectivity index (χ3n) is 4.28. The van der Waals surface area contributed by atoms with E-state index in [0.717, 1.165) is 18.1 Å². The molecule has 2 heterocycles. The second-order valence-corrected chi connectivity index (χ2v) is 7.06. The summed E-state index contributed by atoms with van der Waals surface area (Å²) in [5, 5.41) is 2.11. The van der Waals surface area contributed by atoms with E-state index in [4.69, 9.17) is 0 Å². The summed E-state index contributed by atoms with van der Waals surface area (Å²) >= 11 is 1.71. The van der Waals surface area contributed by atoms with E-state index in [1.54, 1.807) is 23.6 Å².